The van der Waals surface area contributed by atoms with Gasteiger partial charge in [-0.2, -0.15) is 0 Å². The molecule has 6 nitrogen and oxygen atoms in total. The number of aliphatic imine (C=N–C) groups is 1. The highest BCUT2D eigenvalue weighted by Gasteiger charge is 2.05. The molecule has 126 valence electrons. The molecule has 0 aromatic heterocycles. The summed E-state index contributed by atoms with van der Waals surface area (Å²) < 4.78 is 15.6. The number of rotatable bonds is 8. The number of hydrogen-bond acceptors (Lipinski definition) is 4. The molecule has 1 rings (SSSR count). The van der Waals surface area contributed by atoms with Gasteiger partial charge in [0.1, 0.15) is 11.5 Å². The average Bonchev–Trinajstić information content (AvgIpc) is 2.47. The van der Waals surface area contributed by atoms with Crippen LogP contribution in [0, 0.1) is 0 Å². The Morgan fingerprint density at radius 2 is 2.00 bits per heavy atom. The van der Waals surface area contributed by atoms with Crippen LogP contribution in [0.3, 0.4) is 0 Å². The van der Waals surface area contributed by atoms with E-state index in [0.29, 0.717) is 19.1 Å². The summed E-state index contributed by atoms with van der Waals surface area (Å²) in [4.78, 5) is 4.30. The SMILES string of the molecule is COCC(C)NC(N)=NCCc1cc(OC)ccc1OC.I. The Labute approximate surface area is 149 Å². The molecule has 0 aliphatic heterocycles. The molecule has 0 spiro atoms. The standard InChI is InChI=1S/C15H25N3O3.HI/c1-11(10-19-2)18-15(16)17-8-7-12-9-13(20-3)5-6-14(12)21-4;/h5-6,9,11H,7-8,10H2,1-4H3,(H3,16,17,18);1H. The Kier molecular flexibility index (Phi) is 10.7. The van der Waals surface area contributed by atoms with Crippen molar-refractivity contribution in [3.63, 3.8) is 0 Å². The van der Waals surface area contributed by atoms with Crippen molar-refractivity contribution in [3.8, 4) is 11.5 Å². The molecule has 0 heterocycles. The summed E-state index contributed by atoms with van der Waals surface area (Å²) in [5.74, 6) is 2.04. The average molecular weight is 423 g/mol. The quantitative estimate of drug-likeness (QED) is 0.379. The molecular weight excluding hydrogens is 397 g/mol. The van der Waals surface area contributed by atoms with Crippen LogP contribution in [-0.2, 0) is 11.2 Å². The monoisotopic (exact) mass is 423 g/mol. The minimum absolute atomic E-state index is 0. The summed E-state index contributed by atoms with van der Waals surface area (Å²) in [7, 11) is 4.94. The lowest BCUT2D eigenvalue weighted by Gasteiger charge is -2.13. The van der Waals surface area contributed by atoms with Gasteiger partial charge in [-0.15, -0.1) is 24.0 Å². The third-order valence-corrected chi connectivity index (χ3v) is 2.96. The fourth-order valence-electron chi connectivity index (χ4n) is 1.96. The van der Waals surface area contributed by atoms with Crippen molar-refractivity contribution in [1.82, 2.24) is 5.32 Å². The number of guanidine groups is 1. The van der Waals surface area contributed by atoms with E-state index < -0.39 is 0 Å². The van der Waals surface area contributed by atoms with Crippen LogP contribution in [0.1, 0.15) is 12.5 Å². The normalized spacial score (nSPS) is 12.3. The molecule has 1 atom stereocenters. The molecule has 0 radical (unpaired) electrons. The fraction of sp³-hybridized carbons (Fsp3) is 0.533. The largest absolute Gasteiger partial charge is 0.497 e. The molecule has 1 unspecified atom stereocenters. The van der Waals surface area contributed by atoms with Gasteiger partial charge in [0.15, 0.2) is 5.96 Å². The summed E-state index contributed by atoms with van der Waals surface area (Å²) >= 11 is 0. The van der Waals surface area contributed by atoms with E-state index in [-0.39, 0.29) is 30.0 Å². The fourth-order valence-corrected chi connectivity index (χ4v) is 1.96. The van der Waals surface area contributed by atoms with Gasteiger partial charge in [-0.1, -0.05) is 0 Å². The van der Waals surface area contributed by atoms with Gasteiger partial charge in [0.2, 0.25) is 0 Å². The van der Waals surface area contributed by atoms with Crippen molar-refractivity contribution in [2.24, 2.45) is 10.7 Å². The second-order valence-electron chi connectivity index (χ2n) is 4.70. The third-order valence-electron chi connectivity index (χ3n) is 2.96. The van der Waals surface area contributed by atoms with Gasteiger partial charge >= 0.3 is 0 Å². The maximum absolute atomic E-state index is 5.82. The molecule has 0 amide bonds. The number of hydrogen-bond donors (Lipinski definition) is 2. The van der Waals surface area contributed by atoms with Crippen LogP contribution in [0.15, 0.2) is 23.2 Å². The Hall–Kier alpha value is -1.22. The van der Waals surface area contributed by atoms with Crippen molar-refractivity contribution in [2.75, 3.05) is 34.5 Å². The number of nitrogens with two attached hydrogens (primary N) is 1. The molecule has 0 aliphatic carbocycles. The van der Waals surface area contributed by atoms with E-state index >= 15 is 0 Å². The predicted octanol–water partition coefficient (Wildman–Crippen LogP) is 1.80. The van der Waals surface area contributed by atoms with Gasteiger partial charge in [-0.05, 0) is 37.1 Å². The molecule has 22 heavy (non-hydrogen) atoms. The zero-order valence-corrected chi connectivity index (χ0v) is 15.9. The summed E-state index contributed by atoms with van der Waals surface area (Å²) in [6.45, 7) is 3.14. The number of ether oxygens (including phenoxy) is 3. The Morgan fingerprint density at radius 3 is 2.59 bits per heavy atom. The van der Waals surface area contributed by atoms with Crippen LogP contribution < -0.4 is 20.5 Å². The number of halogens is 1. The molecule has 0 bridgehead atoms. The Morgan fingerprint density at radius 1 is 1.27 bits per heavy atom. The lowest BCUT2D eigenvalue weighted by Crippen LogP contribution is -2.40. The second-order valence-corrected chi connectivity index (χ2v) is 4.70. The van der Waals surface area contributed by atoms with Gasteiger partial charge in [0.05, 0.1) is 20.8 Å². The van der Waals surface area contributed by atoms with Crippen molar-refractivity contribution in [1.29, 1.82) is 0 Å². The maximum atomic E-state index is 5.82. The lowest BCUT2D eigenvalue weighted by molar-refractivity contribution is 0.179. The van der Waals surface area contributed by atoms with Crippen molar-refractivity contribution >= 4 is 29.9 Å². The number of nitrogens with zero attached hydrogens (tertiary/aromatic N) is 1. The molecule has 1 aromatic rings. The van der Waals surface area contributed by atoms with Crippen LogP contribution in [-0.4, -0.2) is 46.5 Å². The van der Waals surface area contributed by atoms with Crippen LogP contribution in [0.4, 0.5) is 0 Å². The highest BCUT2D eigenvalue weighted by molar-refractivity contribution is 14.0. The lowest BCUT2D eigenvalue weighted by atomic mass is 10.1. The molecular formula is C15H26IN3O3. The maximum Gasteiger partial charge on any atom is 0.188 e. The Balaban J connectivity index is 0.00000441. The highest BCUT2D eigenvalue weighted by Crippen LogP contribution is 2.24. The smallest absolute Gasteiger partial charge is 0.188 e. The van der Waals surface area contributed by atoms with Crippen LogP contribution in [0.5, 0.6) is 11.5 Å². The third kappa shape index (κ3) is 7.17. The molecule has 0 fully saturated rings. The number of benzene rings is 1. The van der Waals surface area contributed by atoms with Crippen LogP contribution in [0.25, 0.3) is 0 Å². The molecule has 1 aromatic carbocycles. The van der Waals surface area contributed by atoms with Crippen molar-refractivity contribution in [2.45, 2.75) is 19.4 Å². The van der Waals surface area contributed by atoms with E-state index in [2.05, 4.69) is 10.3 Å². The molecule has 3 N–H and O–H groups in total. The molecule has 0 saturated carbocycles. The van der Waals surface area contributed by atoms with Crippen LogP contribution >= 0.6 is 24.0 Å². The summed E-state index contributed by atoms with van der Waals surface area (Å²) in [6.07, 6.45) is 0.724. The van der Waals surface area contributed by atoms with Gasteiger partial charge in [-0.25, -0.2) is 0 Å². The van der Waals surface area contributed by atoms with Crippen LogP contribution in [0.2, 0.25) is 0 Å². The van der Waals surface area contributed by atoms with E-state index in [1.165, 1.54) is 0 Å². The van der Waals surface area contributed by atoms with E-state index in [9.17, 15) is 0 Å². The first-order chi connectivity index (χ1) is 10.1. The second kappa shape index (κ2) is 11.4. The minimum atomic E-state index is 0. The van der Waals surface area contributed by atoms with E-state index in [1.54, 1.807) is 21.3 Å². The van der Waals surface area contributed by atoms with E-state index in [1.807, 2.05) is 25.1 Å². The van der Waals surface area contributed by atoms with E-state index in [4.69, 9.17) is 19.9 Å². The zero-order chi connectivity index (χ0) is 15.7. The van der Waals surface area contributed by atoms with E-state index in [0.717, 1.165) is 23.5 Å². The Bertz CT molecular complexity index is 469. The topological polar surface area (TPSA) is 78.1 Å². The first kappa shape index (κ1) is 20.8. The highest BCUT2D eigenvalue weighted by atomic mass is 127. The van der Waals surface area contributed by atoms with Gasteiger partial charge < -0.3 is 25.3 Å². The first-order valence-electron chi connectivity index (χ1n) is 6.87. The number of methoxy groups -OCH3 is 3. The first-order valence-corrected chi connectivity index (χ1v) is 6.87. The predicted molar refractivity (Wildman–Crippen MR) is 99.6 cm³/mol. The summed E-state index contributed by atoms with van der Waals surface area (Å²) in [6, 6.07) is 5.84. The summed E-state index contributed by atoms with van der Waals surface area (Å²) in [5, 5.41) is 3.07. The van der Waals surface area contributed by atoms with Crippen molar-refractivity contribution < 1.29 is 14.2 Å². The minimum Gasteiger partial charge on any atom is -0.497 e. The summed E-state index contributed by atoms with van der Waals surface area (Å²) in [5.41, 5.74) is 6.86. The van der Waals surface area contributed by atoms with Gasteiger partial charge in [-0.3, -0.25) is 4.99 Å². The molecule has 7 heteroatoms. The van der Waals surface area contributed by atoms with Gasteiger partial charge in [0, 0.05) is 19.7 Å². The van der Waals surface area contributed by atoms with Gasteiger partial charge in [0.25, 0.3) is 0 Å². The molecule has 0 saturated heterocycles. The van der Waals surface area contributed by atoms with Crippen molar-refractivity contribution in [3.05, 3.63) is 23.8 Å². The zero-order valence-electron chi connectivity index (χ0n) is 13.6. The number of nitrogens with one attached hydrogen (secondary N) is 1. The molecule has 0 aliphatic rings.